The molecular weight excluding hydrogens is 248 g/mol. The molecule has 0 heterocycles. The van der Waals surface area contributed by atoms with Gasteiger partial charge in [0.1, 0.15) is 4.75 Å². The predicted octanol–water partition coefficient (Wildman–Crippen LogP) is 2.89. The lowest BCUT2D eigenvalue weighted by Gasteiger charge is -2.31. The number of hydrogen-bond donors (Lipinski definition) is 1. The minimum Gasteiger partial charge on any atom is -0.285 e. The summed E-state index contributed by atoms with van der Waals surface area (Å²) in [6, 6.07) is 0. The van der Waals surface area contributed by atoms with Gasteiger partial charge in [-0.1, -0.05) is 17.7 Å². The van der Waals surface area contributed by atoms with Crippen LogP contribution in [0.5, 0.6) is 0 Å². The summed E-state index contributed by atoms with van der Waals surface area (Å²) in [5, 5.41) is 0. The number of halogens is 1. The van der Waals surface area contributed by atoms with E-state index in [1.54, 1.807) is 13.0 Å². The van der Waals surface area contributed by atoms with Crippen LogP contribution in [0.15, 0.2) is 23.3 Å². The highest BCUT2D eigenvalue weighted by atomic mass is 35.5. The fourth-order valence-electron chi connectivity index (χ4n) is 2.33. The van der Waals surface area contributed by atoms with E-state index in [4.69, 9.17) is 0 Å². The first-order valence-electron chi connectivity index (χ1n) is 5.29. The monoisotopic (exact) mass is 264 g/mol. The summed E-state index contributed by atoms with van der Waals surface area (Å²) >= 11 is 0. The summed E-state index contributed by atoms with van der Waals surface area (Å²) in [4.78, 5) is 0. The molecular formula is C11H17ClO3S. The van der Waals surface area contributed by atoms with Crippen molar-refractivity contribution in [2.45, 2.75) is 43.8 Å². The highest BCUT2D eigenvalue weighted by molar-refractivity contribution is 7.87. The van der Waals surface area contributed by atoms with Gasteiger partial charge in [0.25, 0.3) is 10.1 Å². The molecule has 0 fully saturated rings. The molecule has 1 atom stereocenters. The van der Waals surface area contributed by atoms with Crippen molar-refractivity contribution in [3.8, 4) is 0 Å². The lowest BCUT2D eigenvalue weighted by atomic mass is 9.82. The Morgan fingerprint density at radius 3 is 2.56 bits per heavy atom. The molecule has 0 radical (unpaired) electrons. The maximum absolute atomic E-state index is 11.3. The molecule has 1 unspecified atom stereocenters. The molecule has 0 spiro atoms. The molecule has 0 aromatic carbocycles. The first kappa shape index (κ1) is 13.7. The van der Waals surface area contributed by atoms with Gasteiger partial charge >= 0.3 is 0 Å². The van der Waals surface area contributed by atoms with Crippen molar-refractivity contribution in [3.05, 3.63) is 23.3 Å². The van der Waals surface area contributed by atoms with Crippen LogP contribution in [0.2, 0.25) is 0 Å². The Bertz CT molecular complexity index is 436. The quantitative estimate of drug-likeness (QED) is 0.741. The van der Waals surface area contributed by atoms with Gasteiger partial charge in [-0.25, -0.2) is 0 Å². The normalized spacial score (nSPS) is 29.6. The van der Waals surface area contributed by atoms with Crippen LogP contribution < -0.4 is 0 Å². The smallest absolute Gasteiger partial charge is 0.274 e. The Balaban J connectivity index is 0.00000128. The Hall–Kier alpha value is -0.320. The largest absolute Gasteiger partial charge is 0.285 e. The van der Waals surface area contributed by atoms with Crippen LogP contribution in [0.4, 0.5) is 0 Å². The fraction of sp³-hybridized carbons (Fsp3) is 0.636. The van der Waals surface area contributed by atoms with Gasteiger partial charge in [0.15, 0.2) is 0 Å². The molecule has 16 heavy (non-hydrogen) atoms. The van der Waals surface area contributed by atoms with E-state index in [0.717, 1.165) is 19.3 Å². The first-order chi connectivity index (χ1) is 6.92. The molecule has 3 nitrogen and oxygen atoms in total. The number of allylic oxidation sites excluding steroid dienone is 3. The summed E-state index contributed by atoms with van der Waals surface area (Å²) in [7, 11) is -4.00. The first-order valence-corrected chi connectivity index (χ1v) is 6.73. The molecule has 2 rings (SSSR count). The summed E-state index contributed by atoms with van der Waals surface area (Å²) in [6.45, 7) is 1.58. The van der Waals surface area contributed by atoms with Crippen LogP contribution in [0.25, 0.3) is 0 Å². The van der Waals surface area contributed by atoms with E-state index in [0.29, 0.717) is 6.42 Å². The van der Waals surface area contributed by atoms with Crippen LogP contribution in [-0.4, -0.2) is 17.7 Å². The van der Waals surface area contributed by atoms with Gasteiger partial charge in [-0.15, -0.1) is 12.4 Å². The van der Waals surface area contributed by atoms with Gasteiger partial charge in [0, 0.05) is 0 Å². The van der Waals surface area contributed by atoms with E-state index < -0.39 is 14.9 Å². The molecule has 0 aliphatic heterocycles. The van der Waals surface area contributed by atoms with Crippen molar-refractivity contribution in [3.63, 3.8) is 0 Å². The third-order valence-corrected chi connectivity index (χ3v) is 4.88. The summed E-state index contributed by atoms with van der Waals surface area (Å²) in [6.07, 6.45) is 8.31. The molecule has 92 valence electrons. The van der Waals surface area contributed by atoms with E-state index in [2.05, 4.69) is 0 Å². The standard InChI is InChI=1S/C11H16O3S.ClH/c1-11(15(12,13)14)7-6-9-4-2-3-5-10(9)8-11;/h6-7H,2-5,8H2,1H3,(H,12,13,14);1H. The van der Waals surface area contributed by atoms with Crippen molar-refractivity contribution >= 4 is 22.5 Å². The Morgan fingerprint density at radius 2 is 1.94 bits per heavy atom. The predicted molar refractivity (Wildman–Crippen MR) is 66.5 cm³/mol. The molecule has 1 N–H and O–H groups in total. The van der Waals surface area contributed by atoms with Crippen molar-refractivity contribution in [1.82, 2.24) is 0 Å². The van der Waals surface area contributed by atoms with Crippen LogP contribution >= 0.6 is 12.4 Å². The molecule has 2 aliphatic rings. The average molecular weight is 265 g/mol. The van der Waals surface area contributed by atoms with E-state index in [1.165, 1.54) is 17.6 Å². The minimum atomic E-state index is -4.00. The topological polar surface area (TPSA) is 54.4 Å². The fourth-order valence-corrected chi connectivity index (χ4v) is 2.93. The molecule has 2 aliphatic carbocycles. The zero-order valence-corrected chi connectivity index (χ0v) is 10.9. The highest BCUT2D eigenvalue weighted by Gasteiger charge is 2.38. The molecule has 0 aromatic heterocycles. The Labute approximate surface area is 103 Å². The van der Waals surface area contributed by atoms with E-state index in [-0.39, 0.29) is 12.4 Å². The molecule has 5 heteroatoms. The van der Waals surface area contributed by atoms with Crippen molar-refractivity contribution in [2.75, 3.05) is 0 Å². The van der Waals surface area contributed by atoms with Crippen LogP contribution in [0.3, 0.4) is 0 Å². The van der Waals surface area contributed by atoms with Gasteiger partial charge in [-0.2, -0.15) is 8.42 Å². The van der Waals surface area contributed by atoms with Gasteiger partial charge in [-0.05, 0) is 44.6 Å². The molecule has 0 saturated carbocycles. The second kappa shape index (κ2) is 4.51. The lowest BCUT2D eigenvalue weighted by Crippen LogP contribution is -2.35. The second-order valence-electron chi connectivity index (χ2n) is 4.63. The van der Waals surface area contributed by atoms with E-state index in [9.17, 15) is 13.0 Å². The maximum atomic E-state index is 11.3. The summed E-state index contributed by atoms with van der Waals surface area (Å²) < 4.78 is 30.6. The Morgan fingerprint density at radius 1 is 1.31 bits per heavy atom. The maximum Gasteiger partial charge on any atom is 0.274 e. The van der Waals surface area contributed by atoms with E-state index in [1.807, 2.05) is 6.08 Å². The zero-order chi connectivity index (χ0) is 11.1. The third-order valence-electron chi connectivity index (χ3n) is 3.42. The van der Waals surface area contributed by atoms with Crippen LogP contribution in [0.1, 0.15) is 39.0 Å². The molecule has 0 saturated heterocycles. The summed E-state index contributed by atoms with van der Waals surface area (Å²) in [5.41, 5.74) is 2.49. The second-order valence-corrected chi connectivity index (χ2v) is 6.52. The molecule has 0 aromatic rings. The highest BCUT2D eigenvalue weighted by Crippen LogP contribution is 2.38. The third kappa shape index (κ3) is 2.34. The van der Waals surface area contributed by atoms with Gasteiger partial charge < -0.3 is 0 Å². The Kier molecular flexibility index (Phi) is 3.87. The number of rotatable bonds is 1. The molecule has 0 amide bonds. The minimum absolute atomic E-state index is 0. The lowest BCUT2D eigenvalue weighted by molar-refractivity contribution is 0.446. The number of hydrogen-bond acceptors (Lipinski definition) is 2. The summed E-state index contributed by atoms with van der Waals surface area (Å²) in [5.74, 6) is 0. The van der Waals surface area contributed by atoms with Crippen molar-refractivity contribution in [1.29, 1.82) is 0 Å². The van der Waals surface area contributed by atoms with E-state index >= 15 is 0 Å². The van der Waals surface area contributed by atoms with Gasteiger partial charge in [-0.3, -0.25) is 4.55 Å². The van der Waals surface area contributed by atoms with Crippen LogP contribution in [0, 0.1) is 0 Å². The zero-order valence-electron chi connectivity index (χ0n) is 9.27. The van der Waals surface area contributed by atoms with Gasteiger partial charge in [0.05, 0.1) is 0 Å². The SMILES string of the molecule is CC1(S(=O)(=O)O)C=CC2=C(CCCC2)C1.Cl. The molecule has 0 bridgehead atoms. The van der Waals surface area contributed by atoms with Gasteiger partial charge in [0.2, 0.25) is 0 Å². The van der Waals surface area contributed by atoms with Crippen molar-refractivity contribution in [2.24, 2.45) is 0 Å². The average Bonchev–Trinajstić information content (AvgIpc) is 2.16. The van der Waals surface area contributed by atoms with Crippen molar-refractivity contribution < 1.29 is 13.0 Å². The van der Waals surface area contributed by atoms with Crippen LogP contribution in [-0.2, 0) is 10.1 Å².